The van der Waals surface area contributed by atoms with Crippen LogP contribution in [0.15, 0.2) is 53.0 Å². The summed E-state index contributed by atoms with van der Waals surface area (Å²) in [6, 6.07) is 17.8. The van der Waals surface area contributed by atoms with Crippen LogP contribution in [0.4, 0.5) is 11.5 Å². The van der Waals surface area contributed by atoms with Crippen molar-refractivity contribution < 1.29 is 0 Å². The Bertz CT molecular complexity index is 866. The number of nitrogens with one attached hydrogen (secondary N) is 1. The maximum atomic E-state index is 9.33. The zero-order valence-electron chi connectivity index (χ0n) is 11.4. The Morgan fingerprint density at radius 2 is 1.95 bits per heavy atom. The van der Waals surface area contributed by atoms with Crippen molar-refractivity contribution in [3.05, 3.63) is 64.1 Å². The van der Waals surface area contributed by atoms with Crippen LogP contribution in [0.1, 0.15) is 11.1 Å². The van der Waals surface area contributed by atoms with Crippen LogP contribution < -0.4 is 5.32 Å². The molecule has 0 fully saturated rings. The molecular weight excluding hydrogens is 326 g/mol. The van der Waals surface area contributed by atoms with E-state index in [1.807, 2.05) is 55.5 Å². The highest BCUT2D eigenvalue weighted by molar-refractivity contribution is 9.10. The second-order valence-electron chi connectivity index (χ2n) is 4.77. The summed E-state index contributed by atoms with van der Waals surface area (Å²) in [6.45, 7) is 2.01. The van der Waals surface area contributed by atoms with Gasteiger partial charge >= 0.3 is 0 Å². The highest BCUT2D eigenvalue weighted by Gasteiger charge is 2.08. The molecule has 102 valence electrons. The molecule has 0 amide bonds. The van der Waals surface area contributed by atoms with E-state index < -0.39 is 0 Å². The molecule has 3 rings (SSSR count). The molecule has 1 heterocycles. The lowest BCUT2D eigenvalue weighted by atomic mass is 10.1. The molecule has 0 aliphatic carbocycles. The molecule has 0 bridgehead atoms. The van der Waals surface area contributed by atoms with E-state index in [1.54, 1.807) is 0 Å². The van der Waals surface area contributed by atoms with Crippen LogP contribution in [0.25, 0.3) is 10.9 Å². The topological polar surface area (TPSA) is 48.7 Å². The van der Waals surface area contributed by atoms with Crippen LogP contribution in [0.3, 0.4) is 0 Å². The SMILES string of the molecule is Cc1cc(Br)ccc1Nc1nc2ccccc2cc1C#N. The monoisotopic (exact) mass is 337 g/mol. The van der Waals surface area contributed by atoms with E-state index in [9.17, 15) is 5.26 Å². The fourth-order valence-electron chi connectivity index (χ4n) is 2.19. The molecule has 21 heavy (non-hydrogen) atoms. The summed E-state index contributed by atoms with van der Waals surface area (Å²) in [7, 11) is 0. The minimum absolute atomic E-state index is 0.538. The van der Waals surface area contributed by atoms with Crippen LogP contribution in [0, 0.1) is 18.3 Å². The number of rotatable bonds is 2. The number of aryl methyl sites for hydroxylation is 1. The molecule has 2 aromatic carbocycles. The average molecular weight is 338 g/mol. The summed E-state index contributed by atoms with van der Waals surface area (Å²) in [5.74, 6) is 0.585. The number of halogens is 1. The summed E-state index contributed by atoms with van der Waals surface area (Å²) in [4.78, 5) is 4.56. The summed E-state index contributed by atoms with van der Waals surface area (Å²) >= 11 is 3.45. The molecule has 0 saturated carbocycles. The third-order valence-electron chi connectivity index (χ3n) is 3.29. The molecule has 0 aliphatic heterocycles. The predicted octanol–water partition coefficient (Wildman–Crippen LogP) is 4.92. The van der Waals surface area contributed by atoms with E-state index in [2.05, 4.69) is 32.3 Å². The smallest absolute Gasteiger partial charge is 0.149 e. The first-order valence-electron chi connectivity index (χ1n) is 6.50. The number of para-hydroxylation sites is 1. The molecule has 3 nitrogen and oxygen atoms in total. The molecule has 0 atom stereocenters. The zero-order chi connectivity index (χ0) is 14.8. The summed E-state index contributed by atoms with van der Waals surface area (Å²) in [6.07, 6.45) is 0. The number of anilines is 2. The summed E-state index contributed by atoms with van der Waals surface area (Å²) in [5, 5.41) is 13.6. The maximum Gasteiger partial charge on any atom is 0.149 e. The van der Waals surface area contributed by atoms with Crippen molar-refractivity contribution in [3.8, 4) is 6.07 Å². The first kappa shape index (κ1) is 13.6. The molecule has 0 spiro atoms. The van der Waals surface area contributed by atoms with E-state index in [0.29, 0.717) is 11.4 Å². The normalized spacial score (nSPS) is 10.3. The second-order valence-corrected chi connectivity index (χ2v) is 5.69. The van der Waals surface area contributed by atoms with Gasteiger partial charge in [0.05, 0.1) is 11.1 Å². The van der Waals surface area contributed by atoms with Gasteiger partial charge in [0.2, 0.25) is 0 Å². The fourth-order valence-corrected chi connectivity index (χ4v) is 2.67. The highest BCUT2D eigenvalue weighted by Crippen LogP contribution is 2.26. The highest BCUT2D eigenvalue weighted by atomic mass is 79.9. The van der Waals surface area contributed by atoms with E-state index >= 15 is 0 Å². The molecule has 1 aromatic heterocycles. The zero-order valence-corrected chi connectivity index (χ0v) is 13.0. The Labute approximate surface area is 131 Å². The lowest BCUT2D eigenvalue weighted by Crippen LogP contribution is -1.99. The Hall–Kier alpha value is -2.38. The lowest BCUT2D eigenvalue weighted by Gasteiger charge is -2.11. The van der Waals surface area contributed by atoms with Crippen molar-refractivity contribution in [2.45, 2.75) is 6.92 Å². The van der Waals surface area contributed by atoms with Crippen molar-refractivity contribution in [2.75, 3.05) is 5.32 Å². The van der Waals surface area contributed by atoms with Crippen LogP contribution >= 0.6 is 15.9 Å². The number of nitrogens with zero attached hydrogens (tertiary/aromatic N) is 2. The molecular formula is C17H12BrN3. The van der Waals surface area contributed by atoms with Crippen LogP contribution in [-0.2, 0) is 0 Å². The van der Waals surface area contributed by atoms with Gasteiger partial charge in [-0.3, -0.25) is 0 Å². The van der Waals surface area contributed by atoms with Crippen LogP contribution in [0.5, 0.6) is 0 Å². The molecule has 0 unspecified atom stereocenters. The van der Waals surface area contributed by atoms with Crippen molar-refractivity contribution in [1.82, 2.24) is 4.98 Å². The first-order valence-corrected chi connectivity index (χ1v) is 7.30. The van der Waals surface area contributed by atoms with Gasteiger partial charge in [0.25, 0.3) is 0 Å². The van der Waals surface area contributed by atoms with Crippen LogP contribution in [-0.4, -0.2) is 4.98 Å². The molecule has 4 heteroatoms. The molecule has 0 saturated heterocycles. The predicted molar refractivity (Wildman–Crippen MR) is 88.6 cm³/mol. The number of hydrogen-bond acceptors (Lipinski definition) is 3. The number of fused-ring (bicyclic) bond motifs is 1. The number of nitriles is 1. The van der Waals surface area contributed by atoms with Gasteiger partial charge in [-0.2, -0.15) is 5.26 Å². The van der Waals surface area contributed by atoms with E-state index in [4.69, 9.17) is 0 Å². The fraction of sp³-hybridized carbons (Fsp3) is 0.0588. The van der Waals surface area contributed by atoms with E-state index in [0.717, 1.165) is 26.6 Å². The number of benzene rings is 2. The standard InChI is InChI=1S/C17H12BrN3/c1-11-8-14(18)6-7-15(11)20-17-13(10-19)9-12-4-2-3-5-16(12)21-17/h2-9H,1H3,(H,20,21). The Morgan fingerprint density at radius 1 is 1.14 bits per heavy atom. The van der Waals surface area contributed by atoms with Gasteiger partial charge in [-0.1, -0.05) is 34.1 Å². The van der Waals surface area contributed by atoms with Crippen molar-refractivity contribution in [2.24, 2.45) is 0 Å². The summed E-state index contributed by atoms with van der Waals surface area (Å²) in [5.41, 5.74) is 3.44. The lowest BCUT2D eigenvalue weighted by molar-refractivity contribution is 1.32. The van der Waals surface area contributed by atoms with Gasteiger partial charge in [-0.15, -0.1) is 0 Å². The van der Waals surface area contributed by atoms with E-state index in [1.165, 1.54) is 0 Å². The molecule has 0 aliphatic rings. The van der Waals surface area contributed by atoms with Crippen molar-refractivity contribution in [1.29, 1.82) is 5.26 Å². The van der Waals surface area contributed by atoms with Crippen molar-refractivity contribution in [3.63, 3.8) is 0 Å². The van der Waals surface area contributed by atoms with Gasteiger partial charge in [0.15, 0.2) is 0 Å². The van der Waals surface area contributed by atoms with Gasteiger partial charge in [0.1, 0.15) is 11.9 Å². The van der Waals surface area contributed by atoms with Crippen LogP contribution in [0.2, 0.25) is 0 Å². The third-order valence-corrected chi connectivity index (χ3v) is 3.78. The second kappa shape index (κ2) is 5.55. The number of aromatic nitrogens is 1. The van der Waals surface area contributed by atoms with Gasteiger partial charge in [-0.05, 0) is 42.8 Å². The van der Waals surface area contributed by atoms with Gasteiger partial charge in [0, 0.05) is 15.5 Å². The maximum absolute atomic E-state index is 9.33. The Balaban J connectivity index is 2.09. The quantitative estimate of drug-likeness (QED) is 0.721. The van der Waals surface area contributed by atoms with Gasteiger partial charge < -0.3 is 5.32 Å². The number of pyridine rings is 1. The minimum atomic E-state index is 0.538. The average Bonchev–Trinajstić information content (AvgIpc) is 2.49. The minimum Gasteiger partial charge on any atom is -0.339 e. The molecule has 0 radical (unpaired) electrons. The molecule has 1 N–H and O–H groups in total. The van der Waals surface area contributed by atoms with Gasteiger partial charge in [-0.25, -0.2) is 4.98 Å². The Morgan fingerprint density at radius 3 is 2.71 bits per heavy atom. The Kier molecular flexibility index (Phi) is 3.59. The summed E-state index contributed by atoms with van der Waals surface area (Å²) < 4.78 is 1.03. The largest absolute Gasteiger partial charge is 0.339 e. The molecule has 3 aromatic rings. The van der Waals surface area contributed by atoms with E-state index in [-0.39, 0.29) is 0 Å². The first-order chi connectivity index (χ1) is 10.2. The van der Waals surface area contributed by atoms with Crippen molar-refractivity contribution >= 4 is 38.3 Å². The third kappa shape index (κ3) is 2.74. The number of hydrogen-bond donors (Lipinski definition) is 1.